The average molecular weight is 389 g/mol. The van der Waals surface area contributed by atoms with Gasteiger partial charge >= 0.3 is 0 Å². The molecule has 156 valence electrons. The smallest absolute Gasteiger partial charge is 0.123 e. The van der Waals surface area contributed by atoms with Gasteiger partial charge in [0.25, 0.3) is 0 Å². The highest BCUT2D eigenvalue weighted by molar-refractivity contribution is 5.21. The standard InChI is InChI=1S/C26H38F2/c27-20-6-4-2-1-3-5-7-21-8-10-22(11-9-21)23-12-14-24(15-13-23)25-16-18-26(28)19-17-25/h6,16-24H,1-5,7-15H2/b20-6+. The summed E-state index contributed by atoms with van der Waals surface area (Å²) in [5.74, 6) is 3.37. The topological polar surface area (TPSA) is 0 Å². The van der Waals surface area contributed by atoms with Crippen molar-refractivity contribution in [1.29, 1.82) is 0 Å². The van der Waals surface area contributed by atoms with Crippen LogP contribution in [0, 0.1) is 23.6 Å². The molecule has 2 heteroatoms. The quantitative estimate of drug-likeness (QED) is 0.371. The van der Waals surface area contributed by atoms with Gasteiger partial charge in [-0.15, -0.1) is 0 Å². The SMILES string of the molecule is F/C=C/CCCCCCC1CCC(C2CCC(c3ccc(F)cc3)CC2)CC1. The number of halogens is 2. The van der Waals surface area contributed by atoms with Crippen LogP contribution in [0.15, 0.2) is 36.7 Å². The molecule has 28 heavy (non-hydrogen) atoms. The van der Waals surface area contributed by atoms with Gasteiger partial charge in [0, 0.05) is 0 Å². The number of rotatable bonds is 9. The number of benzene rings is 1. The van der Waals surface area contributed by atoms with Crippen LogP contribution in [-0.4, -0.2) is 0 Å². The molecule has 0 amide bonds. The number of unbranched alkanes of at least 4 members (excludes halogenated alkanes) is 4. The van der Waals surface area contributed by atoms with Crippen molar-refractivity contribution < 1.29 is 8.78 Å². The Hall–Kier alpha value is -1.18. The molecular formula is C26H38F2. The van der Waals surface area contributed by atoms with Crippen LogP contribution in [0.4, 0.5) is 8.78 Å². The van der Waals surface area contributed by atoms with Gasteiger partial charge in [-0.2, -0.15) is 0 Å². The summed E-state index contributed by atoms with van der Waals surface area (Å²) in [5.41, 5.74) is 1.34. The van der Waals surface area contributed by atoms with Crippen LogP contribution in [-0.2, 0) is 0 Å². The maximum Gasteiger partial charge on any atom is 0.123 e. The Balaban J connectivity index is 1.29. The number of hydrogen-bond acceptors (Lipinski definition) is 0. The van der Waals surface area contributed by atoms with Gasteiger partial charge < -0.3 is 0 Å². The molecule has 0 nitrogen and oxygen atoms in total. The average Bonchev–Trinajstić information content (AvgIpc) is 2.74. The van der Waals surface area contributed by atoms with E-state index in [-0.39, 0.29) is 5.82 Å². The van der Waals surface area contributed by atoms with Crippen molar-refractivity contribution in [3.8, 4) is 0 Å². The summed E-state index contributed by atoms with van der Waals surface area (Å²) >= 11 is 0. The van der Waals surface area contributed by atoms with Gasteiger partial charge in [0.15, 0.2) is 0 Å². The Labute approximate surface area is 170 Å². The lowest BCUT2D eigenvalue weighted by atomic mass is 9.68. The van der Waals surface area contributed by atoms with Crippen molar-refractivity contribution in [2.45, 2.75) is 95.8 Å². The highest BCUT2D eigenvalue weighted by Gasteiger charge is 2.31. The molecule has 0 unspecified atom stereocenters. The van der Waals surface area contributed by atoms with E-state index >= 15 is 0 Å². The summed E-state index contributed by atoms with van der Waals surface area (Å²) in [4.78, 5) is 0. The van der Waals surface area contributed by atoms with Gasteiger partial charge in [-0.1, -0.05) is 56.7 Å². The Morgan fingerprint density at radius 3 is 2.00 bits per heavy atom. The highest BCUT2D eigenvalue weighted by Crippen LogP contribution is 2.44. The van der Waals surface area contributed by atoms with E-state index < -0.39 is 0 Å². The summed E-state index contributed by atoms with van der Waals surface area (Å²) in [6.45, 7) is 0. The molecule has 0 bridgehead atoms. The molecule has 2 aliphatic rings. The summed E-state index contributed by atoms with van der Waals surface area (Å²) in [5, 5.41) is 0. The van der Waals surface area contributed by atoms with Crippen LogP contribution in [0.1, 0.15) is 101 Å². The van der Waals surface area contributed by atoms with Crippen molar-refractivity contribution in [1.82, 2.24) is 0 Å². The molecule has 1 aromatic carbocycles. The first-order valence-electron chi connectivity index (χ1n) is 11.8. The first kappa shape index (κ1) is 21.5. The van der Waals surface area contributed by atoms with E-state index in [0.717, 1.165) is 30.6 Å². The van der Waals surface area contributed by atoms with Crippen LogP contribution >= 0.6 is 0 Å². The Morgan fingerprint density at radius 2 is 1.36 bits per heavy atom. The molecule has 2 saturated carbocycles. The fraction of sp³-hybridized carbons (Fsp3) is 0.692. The van der Waals surface area contributed by atoms with Crippen LogP contribution in [0.2, 0.25) is 0 Å². The zero-order valence-corrected chi connectivity index (χ0v) is 17.4. The fourth-order valence-corrected chi connectivity index (χ4v) is 5.72. The van der Waals surface area contributed by atoms with Gasteiger partial charge in [-0.05, 0) is 92.7 Å². The van der Waals surface area contributed by atoms with E-state index in [2.05, 4.69) is 0 Å². The zero-order chi connectivity index (χ0) is 19.6. The third-order valence-corrected chi connectivity index (χ3v) is 7.49. The molecule has 0 N–H and O–H groups in total. The van der Waals surface area contributed by atoms with E-state index in [9.17, 15) is 8.78 Å². The first-order chi connectivity index (χ1) is 13.8. The van der Waals surface area contributed by atoms with E-state index in [1.165, 1.54) is 82.6 Å². The van der Waals surface area contributed by atoms with E-state index in [1.54, 1.807) is 18.2 Å². The van der Waals surface area contributed by atoms with Crippen LogP contribution in [0.5, 0.6) is 0 Å². The lowest BCUT2D eigenvalue weighted by Crippen LogP contribution is -2.25. The maximum atomic E-state index is 13.1. The van der Waals surface area contributed by atoms with E-state index in [1.807, 2.05) is 12.1 Å². The highest BCUT2D eigenvalue weighted by atomic mass is 19.1. The minimum atomic E-state index is -0.122. The third kappa shape index (κ3) is 6.71. The predicted molar refractivity (Wildman–Crippen MR) is 114 cm³/mol. The van der Waals surface area contributed by atoms with Gasteiger partial charge in [-0.25, -0.2) is 8.78 Å². The van der Waals surface area contributed by atoms with Gasteiger partial charge in [-0.3, -0.25) is 0 Å². The molecule has 0 radical (unpaired) electrons. The lowest BCUT2D eigenvalue weighted by molar-refractivity contribution is 0.155. The van der Waals surface area contributed by atoms with Gasteiger partial charge in [0.05, 0.1) is 6.33 Å². The monoisotopic (exact) mass is 388 g/mol. The molecule has 3 rings (SSSR count). The lowest BCUT2D eigenvalue weighted by Gasteiger charge is -2.38. The van der Waals surface area contributed by atoms with Crippen molar-refractivity contribution in [2.75, 3.05) is 0 Å². The molecule has 2 aliphatic carbocycles. The molecule has 0 heterocycles. The van der Waals surface area contributed by atoms with Gasteiger partial charge in [0.1, 0.15) is 5.82 Å². The third-order valence-electron chi connectivity index (χ3n) is 7.49. The molecule has 0 saturated heterocycles. The van der Waals surface area contributed by atoms with E-state index in [0.29, 0.717) is 12.2 Å². The molecule has 0 spiro atoms. The van der Waals surface area contributed by atoms with Crippen molar-refractivity contribution in [2.24, 2.45) is 17.8 Å². The largest absolute Gasteiger partial charge is 0.216 e. The van der Waals surface area contributed by atoms with Crippen molar-refractivity contribution in [3.05, 3.63) is 48.1 Å². The summed E-state index contributed by atoms with van der Waals surface area (Å²) in [7, 11) is 0. The van der Waals surface area contributed by atoms with Crippen LogP contribution < -0.4 is 0 Å². The maximum absolute atomic E-state index is 13.1. The molecule has 0 aliphatic heterocycles. The fourth-order valence-electron chi connectivity index (χ4n) is 5.72. The van der Waals surface area contributed by atoms with Gasteiger partial charge in [0.2, 0.25) is 0 Å². The second-order valence-electron chi connectivity index (χ2n) is 9.30. The Morgan fingerprint density at radius 1 is 0.750 bits per heavy atom. The predicted octanol–water partition coefficient (Wildman–Crippen LogP) is 8.73. The number of allylic oxidation sites excluding steroid dienone is 1. The van der Waals surface area contributed by atoms with Crippen LogP contribution in [0.25, 0.3) is 0 Å². The summed E-state index contributed by atoms with van der Waals surface area (Å²) in [6, 6.07) is 7.21. The minimum Gasteiger partial charge on any atom is -0.216 e. The second-order valence-corrected chi connectivity index (χ2v) is 9.30. The molecular weight excluding hydrogens is 350 g/mol. The minimum absolute atomic E-state index is 0.122. The zero-order valence-electron chi connectivity index (χ0n) is 17.4. The number of hydrogen-bond donors (Lipinski definition) is 0. The summed E-state index contributed by atoms with van der Waals surface area (Å²) < 4.78 is 25.0. The molecule has 0 atom stereocenters. The molecule has 2 fully saturated rings. The Bertz CT molecular complexity index is 561. The van der Waals surface area contributed by atoms with Crippen molar-refractivity contribution >= 4 is 0 Å². The first-order valence-corrected chi connectivity index (χ1v) is 11.8. The molecule has 1 aromatic rings. The van der Waals surface area contributed by atoms with Crippen molar-refractivity contribution in [3.63, 3.8) is 0 Å². The van der Waals surface area contributed by atoms with E-state index in [4.69, 9.17) is 0 Å². The second kappa shape index (κ2) is 11.7. The molecule has 0 aromatic heterocycles. The Kier molecular flexibility index (Phi) is 9.02. The summed E-state index contributed by atoms with van der Waals surface area (Å²) in [6.07, 6.45) is 20.7. The normalized spacial score (nSPS) is 28.6. The van der Waals surface area contributed by atoms with Crippen LogP contribution in [0.3, 0.4) is 0 Å².